The van der Waals surface area contributed by atoms with Gasteiger partial charge in [0.05, 0.1) is 5.69 Å². The number of rotatable bonds is 5. The first-order chi connectivity index (χ1) is 10.4. The fraction of sp³-hybridized carbons (Fsp3) is 0.400. The Morgan fingerprint density at radius 1 is 1.27 bits per heavy atom. The van der Waals surface area contributed by atoms with Crippen molar-refractivity contribution < 1.29 is 28.6 Å². The van der Waals surface area contributed by atoms with Crippen molar-refractivity contribution >= 4 is 17.5 Å². The average Bonchev–Trinajstić information content (AvgIpc) is 2.80. The molecule has 1 aliphatic heterocycles. The van der Waals surface area contributed by atoms with Crippen LogP contribution in [0.2, 0.25) is 0 Å². The molecule has 0 saturated heterocycles. The Labute approximate surface area is 127 Å². The van der Waals surface area contributed by atoms with Gasteiger partial charge in [0.15, 0.2) is 12.4 Å². The molecule has 1 aliphatic rings. The van der Waals surface area contributed by atoms with Crippen LogP contribution in [0.25, 0.3) is 0 Å². The number of carbonyl (C=O) groups excluding carboxylic acids is 3. The van der Waals surface area contributed by atoms with E-state index in [1.54, 1.807) is 13.8 Å². The van der Waals surface area contributed by atoms with Crippen LogP contribution in [0.1, 0.15) is 39.0 Å². The van der Waals surface area contributed by atoms with Gasteiger partial charge < -0.3 is 19.2 Å². The number of ether oxygens (including phenoxy) is 3. The molecule has 1 aromatic rings. The van der Waals surface area contributed by atoms with Gasteiger partial charge in [0.1, 0.15) is 19.5 Å². The van der Waals surface area contributed by atoms with Crippen molar-refractivity contribution in [2.45, 2.75) is 20.8 Å². The molecule has 118 valence electrons. The maximum absolute atomic E-state index is 12.1. The molecular formula is C15H17NO6. The van der Waals surface area contributed by atoms with E-state index in [-0.39, 0.29) is 23.8 Å². The Morgan fingerprint density at radius 2 is 2.00 bits per heavy atom. The molecule has 2 heterocycles. The van der Waals surface area contributed by atoms with Crippen LogP contribution in [0, 0.1) is 13.8 Å². The molecule has 0 saturated carbocycles. The van der Waals surface area contributed by atoms with E-state index in [0.29, 0.717) is 23.4 Å². The number of Topliss-reactive ketones (excluding diaryl/α,β-unsaturated/α-hetero) is 2. The van der Waals surface area contributed by atoms with Crippen LogP contribution in [0.15, 0.2) is 12.0 Å². The molecule has 0 amide bonds. The van der Waals surface area contributed by atoms with Gasteiger partial charge >= 0.3 is 5.97 Å². The minimum Gasteiger partial charge on any atom is -0.493 e. The van der Waals surface area contributed by atoms with E-state index in [9.17, 15) is 14.4 Å². The summed E-state index contributed by atoms with van der Waals surface area (Å²) in [5, 5.41) is 0. The van der Waals surface area contributed by atoms with E-state index >= 15 is 0 Å². The summed E-state index contributed by atoms with van der Waals surface area (Å²) in [7, 11) is 0. The lowest BCUT2D eigenvalue weighted by Crippen LogP contribution is -2.20. The predicted octanol–water partition coefficient (Wildman–Crippen LogP) is 1.45. The number of hydrogen-bond acceptors (Lipinski definition) is 6. The molecule has 0 atom stereocenters. The zero-order valence-electron chi connectivity index (χ0n) is 12.6. The van der Waals surface area contributed by atoms with Crippen LogP contribution in [0.3, 0.4) is 0 Å². The highest BCUT2D eigenvalue weighted by atomic mass is 16.6. The molecule has 0 aromatic carbocycles. The summed E-state index contributed by atoms with van der Waals surface area (Å²) in [4.78, 5) is 38.2. The molecule has 7 nitrogen and oxygen atoms in total. The highest BCUT2D eigenvalue weighted by Crippen LogP contribution is 2.19. The van der Waals surface area contributed by atoms with Gasteiger partial charge in [-0.3, -0.25) is 9.59 Å². The fourth-order valence-corrected chi connectivity index (χ4v) is 2.31. The number of aromatic nitrogens is 1. The van der Waals surface area contributed by atoms with Crippen molar-refractivity contribution in [3.05, 3.63) is 34.5 Å². The molecule has 22 heavy (non-hydrogen) atoms. The summed E-state index contributed by atoms with van der Waals surface area (Å²) < 4.78 is 14.9. The number of esters is 1. The summed E-state index contributed by atoms with van der Waals surface area (Å²) in [6.45, 7) is 5.00. The van der Waals surface area contributed by atoms with Gasteiger partial charge in [0.2, 0.25) is 11.5 Å². The molecule has 0 aliphatic carbocycles. The first-order valence-corrected chi connectivity index (χ1v) is 6.76. The van der Waals surface area contributed by atoms with Crippen molar-refractivity contribution in [1.29, 1.82) is 0 Å². The van der Waals surface area contributed by atoms with Gasteiger partial charge in [-0.15, -0.1) is 0 Å². The maximum Gasteiger partial charge on any atom is 0.377 e. The Kier molecular flexibility index (Phi) is 4.65. The van der Waals surface area contributed by atoms with Crippen LogP contribution < -0.4 is 0 Å². The molecule has 0 radical (unpaired) electrons. The Hall–Kier alpha value is -2.57. The zero-order chi connectivity index (χ0) is 16.3. The lowest BCUT2D eigenvalue weighted by Gasteiger charge is -2.14. The monoisotopic (exact) mass is 307 g/mol. The van der Waals surface area contributed by atoms with Crippen molar-refractivity contribution in [2.75, 3.05) is 19.8 Å². The smallest absolute Gasteiger partial charge is 0.377 e. The fourth-order valence-electron chi connectivity index (χ4n) is 2.31. The Morgan fingerprint density at radius 3 is 2.55 bits per heavy atom. The average molecular weight is 307 g/mol. The van der Waals surface area contributed by atoms with E-state index < -0.39 is 18.4 Å². The molecule has 0 unspecified atom stereocenters. The van der Waals surface area contributed by atoms with Gasteiger partial charge in [0.25, 0.3) is 0 Å². The lowest BCUT2D eigenvalue weighted by molar-refractivity contribution is -0.143. The van der Waals surface area contributed by atoms with Crippen molar-refractivity contribution in [3.63, 3.8) is 0 Å². The lowest BCUT2D eigenvalue weighted by atomic mass is 10.1. The normalized spacial score (nSPS) is 13.7. The third kappa shape index (κ3) is 3.19. The van der Waals surface area contributed by atoms with E-state index in [2.05, 4.69) is 4.98 Å². The second-order valence-electron chi connectivity index (χ2n) is 4.88. The van der Waals surface area contributed by atoms with Gasteiger partial charge in [-0.25, -0.2) is 4.79 Å². The first-order valence-electron chi connectivity index (χ1n) is 6.76. The number of ketones is 2. The van der Waals surface area contributed by atoms with Crippen molar-refractivity contribution in [3.8, 4) is 0 Å². The number of aromatic amines is 1. The minimum atomic E-state index is -0.763. The predicted molar refractivity (Wildman–Crippen MR) is 75.5 cm³/mol. The summed E-state index contributed by atoms with van der Waals surface area (Å²) in [6, 6.07) is 0. The molecule has 7 heteroatoms. The van der Waals surface area contributed by atoms with Crippen LogP contribution in [-0.2, 0) is 19.0 Å². The third-order valence-electron chi connectivity index (χ3n) is 3.25. The number of nitrogens with one attached hydrogen (secondary N) is 1. The largest absolute Gasteiger partial charge is 0.493 e. The van der Waals surface area contributed by atoms with Crippen LogP contribution >= 0.6 is 0 Å². The van der Waals surface area contributed by atoms with Gasteiger partial charge in [-0.2, -0.15) is 0 Å². The van der Waals surface area contributed by atoms with Gasteiger partial charge in [-0.1, -0.05) is 0 Å². The Balaban J connectivity index is 2.04. The third-order valence-corrected chi connectivity index (χ3v) is 3.25. The molecule has 0 bridgehead atoms. The first kappa shape index (κ1) is 15.8. The Bertz CT molecular complexity index is 655. The summed E-state index contributed by atoms with van der Waals surface area (Å²) in [5.41, 5.74) is 1.93. The quantitative estimate of drug-likeness (QED) is 0.653. The van der Waals surface area contributed by atoms with E-state index in [0.717, 1.165) is 6.26 Å². The summed E-state index contributed by atoms with van der Waals surface area (Å²) in [5.74, 6) is -1.37. The van der Waals surface area contributed by atoms with Gasteiger partial charge in [-0.05, 0) is 26.3 Å². The SMILES string of the molecule is CC(=O)c1c(C)[nH]c(C(=O)COC(=O)C2=COCCO2)c1C. The minimum absolute atomic E-state index is 0.0668. The molecule has 0 fully saturated rings. The van der Waals surface area contributed by atoms with Gasteiger partial charge in [0, 0.05) is 11.3 Å². The van der Waals surface area contributed by atoms with E-state index in [4.69, 9.17) is 14.2 Å². The highest BCUT2D eigenvalue weighted by molar-refractivity contribution is 6.04. The molecule has 1 N–H and O–H groups in total. The maximum atomic E-state index is 12.1. The molecule has 1 aromatic heterocycles. The van der Waals surface area contributed by atoms with Crippen molar-refractivity contribution in [1.82, 2.24) is 4.98 Å². The zero-order valence-corrected chi connectivity index (χ0v) is 12.6. The van der Waals surface area contributed by atoms with Crippen LogP contribution in [-0.4, -0.2) is 42.3 Å². The topological polar surface area (TPSA) is 94.7 Å². The van der Waals surface area contributed by atoms with E-state index in [1.807, 2.05) is 0 Å². The highest BCUT2D eigenvalue weighted by Gasteiger charge is 2.22. The second-order valence-corrected chi connectivity index (χ2v) is 4.88. The van der Waals surface area contributed by atoms with Crippen molar-refractivity contribution in [2.24, 2.45) is 0 Å². The summed E-state index contributed by atoms with van der Waals surface area (Å²) >= 11 is 0. The molecular weight excluding hydrogens is 290 g/mol. The van der Waals surface area contributed by atoms with E-state index in [1.165, 1.54) is 6.92 Å². The second kappa shape index (κ2) is 6.46. The van der Waals surface area contributed by atoms with Crippen LogP contribution in [0.5, 0.6) is 0 Å². The standard InChI is InChI=1S/C15H17NO6/c1-8-13(10(3)17)9(2)16-14(8)11(18)6-22-15(19)12-7-20-4-5-21-12/h7,16H,4-6H2,1-3H3. The molecule has 0 spiro atoms. The summed E-state index contributed by atoms with van der Waals surface area (Å²) in [6.07, 6.45) is 1.16. The number of aryl methyl sites for hydroxylation is 1. The molecule has 2 rings (SSSR count). The number of carbonyl (C=O) groups is 3. The van der Waals surface area contributed by atoms with Crippen LogP contribution in [0.4, 0.5) is 0 Å². The number of H-pyrrole nitrogens is 1. The number of hydrogen-bond donors (Lipinski definition) is 1.